The van der Waals surface area contributed by atoms with Crippen LogP contribution in [0.2, 0.25) is 5.02 Å². The topological polar surface area (TPSA) is 77.2 Å². The highest BCUT2D eigenvalue weighted by Gasteiger charge is 2.18. The Balaban J connectivity index is 1.27. The summed E-state index contributed by atoms with van der Waals surface area (Å²) >= 11 is 7.09. The number of aromatic nitrogens is 2. The lowest BCUT2D eigenvalue weighted by Crippen LogP contribution is -2.25. The first-order chi connectivity index (χ1) is 14.7. The van der Waals surface area contributed by atoms with Gasteiger partial charge in [-0.2, -0.15) is 0 Å². The fraction of sp³-hybridized carbons (Fsp3) is 0.318. The maximum Gasteiger partial charge on any atom is 0.277 e. The number of amides is 1. The van der Waals surface area contributed by atoms with E-state index in [1.54, 1.807) is 12.1 Å². The second kappa shape index (κ2) is 10.00. The minimum absolute atomic E-state index is 0.109. The molecule has 0 spiro atoms. The Kier molecular flexibility index (Phi) is 6.92. The molecule has 8 heteroatoms. The van der Waals surface area contributed by atoms with Gasteiger partial charge in [-0.15, -0.1) is 10.2 Å². The van der Waals surface area contributed by atoms with Crippen LogP contribution in [-0.2, 0) is 11.3 Å². The van der Waals surface area contributed by atoms with Crippen LogP contribution in [0.1, 0.15) is 31.2 Å². The van der Waals surface area contributed by atoms with Gasteiger partial charge in [0.25, 0.3) is 5.22 Å². The predicted molar refractivity (Wildman–Crippen MR) is 117 cm³/mol. The fourth-order valence-corrected chi connectivity index (χ4v) is 4.02. The van der Waals surface area contributed by atoms with Crippen LogP contribution in [0.5, 0.6) is 5.75 Å². The van der Waals surface area contributed by atoms with Crippen molar-refractivity contribution in [3.8, 4) is 17.2 Å². The Labute approximate surface area is 184 Å². The van der Waals surface area contributed by atoms with Gasteiger partial charge in [-0.3, -0.25) is 4.79 Å². The van der Waals surface area contributed by atoms with Crippen LogP contribution in [0.3, 0.4) is 0 Å². The van der Waals surface area contributed by atoms with Crippen molar-refractivity contribution >= 4 is 29.3 Å². The molecular formula is C22H22ClN3O3S. The molecule has 1 saturated carbocycles. The van der Waals surface area contributed by atoms with Gasteiger partial charge in [0.15, 0.2) is 0 Å². The Morgan fingerprint density at radius 2 is 1.90 bits per heavy atom. The second-order valence-corrected chi connectivity index (χ2v) is 8.44. The Morgan fingerprint density at radius 1 is 1.13 bits per heavy atom. The van der Waals surface area contributed by atoms with Gasteiger partial charge in [0.1, 0.15) is 5.75 Å². The van der Waals surface area contributed by atoms with Crippen LogP contribution < -0.4 is 10.1 Å². The minimum Gasteiger partial charge on any atom is -0.490 e. The molecule has 1 aliphatic carbocycles. The Morgan fingerprint density at radius 3 is 2.70 bits per heavy atom. The third-order valence-electron chi connectivity index (χ3n) is 4.87. The van der Waals surface area contributed by atoms with Gasteiger partial charge >= 0.3 is 0 Å². The van der Waals surface area contributed by atoms with Crippen LogP contribution >= 0.6 is 23.4 Å². The summed E-state index contributed by atoms with van der Waals surface area (Å²) in [6, 6.07) is 15.0. The van der Waals surface area contributed by atoms with Gasteiger partial charge in [-0.25, -0.2) is 0 Å². The summed E-state index contributed by atoms with van der Waals surface area (Å²) in [5, 5.41) is 11.9. The number of thioether (sulfide) groups is 1. The molecule has 1 aliphatic rings. The molecule has 0 radical (unpaired) electrons. The van der Waals surface area contributed by atoms with E-state index in [2.05, 4.69) is 15.5 Å². The van der Waals surface area contributed by atoms with Gasteiger partial charge in [0.2, 0.25) is 11.8 Å². The molecule has 0 saturated heterocycles. The quantitative estimate of drug-likeness (QED) is 0.487. The number of hydrogen-bond donors (Lipinski definition) is 1. The first-order valence-electron chi connectivity index (χ1n) is 9.91. The standard InChI is InChI=1S/C22H22ClN3O3S/c23-17-11-9-15(10-12-17)21-25-26-22(29-21)30-14-20(27)24-13-16-5-1-4-8-19(16)28-18-6-2-3-7-18/h1,4-5,8-12,18H,2-3,6-7,13-14H2,(H,24,27). The van der Waals surface area contributed by atoms with Crippen molar-refractivity contribution < 1.29 is 13.9 Å². The van der Waals surface area contributed by atoms with E-state index in [0.717, 1.165) is 29.7 Å². The number of benzene rings is 2. The molecule has 1 aromatic heterocycles. The number of carbonyl (C=O) groups excluding carboxylic acids is 1. The zero-order valence-corrected chi connectivity index (χ0v) is 17.9. The maximum atomic E-state index is 12.3. The minimum atomic E-state index is -0.109. The smallest absolute Gasteiger partial charge is 0.277 e. The van der Waals surface area contributed by atoms with E-state index in [0.29, 0.717) is 22.7 Å². The van der Waals surface area contributed by atoms with Gasteiger partial charge in [-0.05, 0) is 56.0 Å². The first kappa shape index (κ1) is 20.8. The van der Waals surface area contributed by atoms with Gasteiger partial charge in [0, 0.05) is 22.7 Å². The molecule has 0 bridgehead atoms. The summed E-state index contributed by atoms with van der Waals surface area (Å²) in [7, 11) is 0. The average Bonchev–Trinajstić information content (AvgIpc) is 3.44. The van der Waals surface area contributed by atoms with Crippen LogP contribution in [-0.4, -0.2) is 28.0 Å². The number of carbonyl (C=O) groups is 1. The number of nitrogens with one attached hydrogen (secondary N) is 1. The van der Waals surface area contributed by atoms with E-state index < -0.39 is 0 Å². The third-order valence-corrected chi connectivity index (χ3v) is 5.94. The van der Waals surface area contributed by atoms with Crippen molar-refractivity contribution in [3.63, 3.8) is 0 Å². The first-order valence-corrected chi connectivity index (χ1v) is 11.3. The van der Waals surface area contributed by atoms with Crippen molar-refractivity contribution in [2.45, 2.75) is 43.6 Å². The third kappa shape index (κ3) is 5.55. The van der Waals surface area contributed by atoms with E-state index in [4.69, 9.17) is 20.8 Å². The molecule has 6 nitrogen and oxygen atoms in total. The number of nitrogens with zero attached hydrogens (tertiary/aromatic N) is 2. The summed E-state index contributed by atoms with van der Waals surface area (Å²) < 4.78 is 11.7. The maximum absolute atomic E-state index is 12.3. The summed E-state index contributed by atoms with van der Waals surface area (Å²) in [5.41, 5.74) is 1.76. The molecule has 0 aliphatic heterocycles. The van der Waals surface area contributed by atoms with Crippen molar-refractivity contribution in [1.29, 1.82) is 0 Å². The molecule has 0 atom stereocenters. The number of hydrogen-bond acceptors (Lipinski definition) is 6. The zero-order chi connectivity index (χ0) is 20.8. The summed E-state index contributed by atoms with van der Waals surface area (Å²) in [6.45, 7) is 0.419. The highest BCUT2D eigenvalue weighted by atomic mass is 35.5. The lowest BCUT2D eigenvalue weighted by atomic mass is 10.2. The van der Waals surface area contributed by atoms with E-state index in [1.165, 1.54) is 24.6 Å². The Bertz CT molecular complexity index is 987. The van der Waals surface area contributed by atoms with E-state index in [-0.39, 0.29) is 17.8 Å². The number of ether oxygens (including phenoxy) is 1. The van der Waals surface area contributed by atoms with E-state index in [1.807, 2.05) is 36.4 Å². The molecule has 30 heavy (non-hydrogen) atoms. The predicted octanol–water partition coefficient (Wildman–Crippen LogP) is 5.12. The zero-order valence-electron chi connectivity index (χ0n) is 16.3. The highest BCUT2D eigenvalue weighted by Crippen LogP contribution is 2.27. The SMILES string of the molecule is O=C(CSc1nnc(-c2ccc(Cl)cc2)o1)NCc1ccccc1OC1CCCC1. The molecule has 1 amide bonds. The van der Waals surface area contributed by atoms with Crippen molar-refractivity contribution in [1.82, 2.24) is 15.5 Å². The summed E-state index contributed by atoms with van der Waals surface area (Å²) in [4.78, 5) is 12.3. The molecule has 1 fully saturated rings. The number of rotatable bonds is 8. The molecule has 1 N–H and O–H groups in total. The Hall–Kier alpha value is -2.51. The van der Waals surface area contributed by atoms with E-state index >= 15 is 0 Å². The molecule has 0 unspecified atom stereocenters. The van der Waals surface area contributed by atoms with Gasteiger partial charge < -0.3 is 14.5 Å². The lowest BCUT2D eigenvalue weighted by molar-refractivity contribution is -0.118. The van der Waals surface area contributed by atoms with Crippen LogP contribution in [0, 0.1) is 0 Å². The molecule has 2 aromatic carbocycles. The second-order valence-electron chi connectivity index (χ2n) is 7.08. The number of para-hydroxylation sites is 1. The molecule has 156 valence electrons. The molecular weight excluding hydrogens is 422 g/mol. The number of halogens is 1. The van der Waals surface area contributed by atoms with Crippen molar-refractivity contribution in [2.75, 3.05) is 5.75 Å². The summed E-state index contributed by atoms with van der Waals surface area (Å²) in [6.07, 6.45) is 4.91. The molecule has 1 heterocycles. The molecule has 3 aromatic rings. The van der Waals surface area contributed by atoms with Crippen LogP contribution in [0.4, 0.5) is 0 Å². The lowest BCUT2D eigenvalue weighted by Gasteiger charge is -2.16. The van der Waals surface area contributed by atoms with Crippen molar-refractivity contribution in [2.24, 2.45) is 0 Å². The monoisotopic (exact) mass is 443 g/mol. The highest BCUT2D eigenvalue weighted by molar-refractivity contribution is 7.99. The molecule has 4 rings (SSSR count). The van der Waals surface area contributed by atoms with Crippen LogP contribution in [0.15, 0.2) is 58.2 Å². The van der Waals surface area contributed by atoms with Crippen molar-refractivity contribution in [3.05, 3.63) is 59.1 Å². The van der Waals surface area contributed by atoms with Gasteiger partial charge in [-0.1, -0.05) is 41.6 Å². The fourth-order valence-electron chi connectivity index (χ4n) is 3.30. The normalized spacial score (nSPS) is 14.0. The average molecular weight is 444 g/mol. The van der Waals surface area contributed by atoms with Gasteiger partial charge in [0.05, 0.1) is 11.9 Å². The van der Waals surface area contributed by atoms with Crippen LogP contribution in [0.25, 0.3) is 11.5 Å². The largest absolute Gasteiger partial charge is 0.490 e. The summed E-state index contributed by atoms with van der Waals surface area (Å²) in [5.74, 6) is 1.32. The van der Waals surface area contributed by atoms with E-state index in [9.17, 15) is 4.79 Å².